The van der Waals surface area contributed by atoms with Crippen molar-refractivity contribution in [2.75, 3.05) is 18.0 Å². The Hall–Kier alpha value is -2.74. The first-order valence-electron chi connectivity index (χ1n) is 12.4. The summed E-state index contributed by atoms with van der Waals surface area (Å²) in [6.45, 7) is 8.71. The number of rotatable bonds is 6. The van der Waals surface area contributed by atoms with Gasteiger partial charge in [-0.15, -0.1) is 0 Å². The number of fused-ring (bicyclic) bond motifs is 1. The molecule has 2 N–H and O–H groups in total. The van der Waals surface area contributed by atoms with Gasteiger partial charge in [-0.25, -0.2) is 9.50 Å². The van der Waals surface area contributed by atoms with E-state index < -0.39 is 0 Å². The molecule has 4 heterocycles. The molecule has 5 rings (SSSR count). The first-order chi connectivity index (χ1) is 15.9. The Bertz CT molecular complexity index is 1160. The van der Waals surface area contributed by atoms with Gasteiger partial charge in [0.15, 0.2) is 11.4 Å². The zero-order valence-electron chi connectivity index (χ0n) is 20.0. The van der Waals surface area contributed by atoms with Gasteiger partial charge < -0.3 is 10.6 Å². The van der Waals surface area contributed by atoms with Crippen molar-refractivity contribution in [2.24, 2.45) is 11.7 Å². The SMILES string of the molecule is CCCn1nc(C)cc1C(=O)C1CCCC[C@H]1c1cc2nc(N3CC[C@H](N)C3)c(C)cn2n1. The second-order valence-corrected chi connectivity index (χ2v) is 9.87. The molecule has 0 amide bonds. The lowest BCUT2D eigenvalue weighted by atomic mass is 9.74. The van der Waals surface area contributed by atoms with Gasteiger partial charge in [0, 0.05) is 55.3 Å². The highest BCUT2D eigenvalue weighted by atomic mass is 16.1. The van der Waals surface area contributed by atoms with Crippen LogP contribution in [0.5, 0.6) is 0 Å². The number of aromatic nitrogens is 5. The Morgan fingerprint density at radius 1 is 1.15 bits per heavy atom. The van der Waals surface area contributed by atoms with Crippen LogP contribution in [0.25, 0.3) is 5.65 Å². The summed E-state index contributed by atoms with van der Waals surface area (Å²) in [4.78, 5) is 20.9. The third-order valence-corrected chi connectivity index (χ3v) is 7.22. The third-order valence-electron chi connectivity index (χ3n) is 7.22. The fourth-order valence-corrected chi connectivity index (χ4v) is 5.61. The fraction of sp³-hybridized carbons (Fsp3) is 0.600. The Morgan fingerprint density at radius 3 is 2.73 bits per heavy atom. The van der Waals surface area contributed by atoms with Crippen molar-refractivity contribution in [1.29, 1.82) is 0 Å². The molecular weight excluding hydrogens is 414 g/mol. The van der Waals surface area contributed by atoms with Crippen LogP contribution in [-0.4, -0.2) is 49.3 Å². The van der Waals surface area contributed by atoms with Gasteiger partial charge in [-0.1, -0.05) is 19.8 Å². The van der Waals surface area contributed by atoms with Gasteiger partial charge in [-0.3, -0.25) is 9.48 Å². The predicted molar refractivity (Wildman–Crippen MR) is 129 cm³/mol. The van der Waals surface area contributed by atoms with Crippen molar-refractivity contribution in [2.45, 2.75) is 77.8 Å². The smallest absolute Gasteiger partial charge is 0.184 e. The molecule has 3 aromatic heterocycles. The van der Waals surface area contributed by atoms with Crippen molar-refractivity contribution in [3.63, 3.8) is 0 Å². The molecule has 0 spiro atoms. The van der Waals surface area contributed by atoms with Crippen molar-refractivity contribution >= 4 is 17.2 Å². The summed E-state index contributed by atoms with van der Waals surface area (Å²) in [7, 11) is 0. The number of carbonyl (C=O) groups is 1. The maximum atomic E-state index is 13.7. The van der Waals surface area contributed by atoms with Crippen LogP contribution in [-0.2, 0) is 6.54 Å². The lowest BCUT2D eigenvalue weighted by molar-refractivity contribution is 0.0854. The van der Waals surface area contributed by atoms with E-state index in [4.69, 9.17) is 15.8 Å². The fourth-order valence-electron chi connectivity index (χ4n) is 5.61. The number of nitrogens with two attached hydrogens (primary N) is 1. The molecule has 0 bridgehead atoms. The summed E-state index contributed by atoms with van der Waals surface area (Å²) in [5, 5.41) is 9.47. The lowest BCUT2D eigenvalue weighted by Crippen LogP contribution is -2.28. The third kappa shape index (κ3) is 4.16. The van der Waals surface area contributed by atoms with Crippen LogP contribution in [0.1, 0.15) is 78.8 Å². The summed E-state index contributed by atoms with van der Waals surface area (Å²) in [6, 6.07) is 4.25. The average molecular weight is 450 g/mol. The number of nitrogens with zero attached hydrogens (tertiary/aromatic N) is 6. The van der Waals surface area contributed by atoms with Crippen LogP contribution >= 0.6 is 0 Å². The van der Waals surface area contributed by atoms with Gasteiger partial charge in [0.1, 0.15) is 11.5 Å². The minimum Gasteiger partial charge on any atom is -0.355 e. The maximum Gasteiger partial charge on any atom is 0.184 e. The highest BCUT2D eigenvalue weighted by Gasteiger charge is 2.36. The van der Waals surface area contributed by atoms with E-state index in [9.17, 15) is 4.79 Å². The Morgan fingerprint density at radius 2 is 1.97 bits per heavy atom. The van der Waals surface area contributed by atoms with E-state index in [1.807, 2.05) is 22.2 Å². The van der Waals surface area contributed by atoms with Crippen molar-refractivity contribution in [3.05, 3.63) is 41.0 Å². The van der Waals surface area contributed by atoms with Crippen LogP contribution < -0.4 is 10.6 Å². The molecule has 33 heavy (non-hydrogen) atoms. The quantitative estimate of drug-likeness (QED) is 0.577. The van der Waals surface area contributed by atoms with Crippen LogP contribution in [0.4, 0.5) is 5.82 Å². The van der Waals surface area contributed by atoms with Gasteiger partial charge >= 0.3 is 0 Å². The molecule has 8 nitrogen and oxygen atoms in total. The van der Waals surface area contributed by atoms with Crippen LogP contribution in [0.2, 0.25) is 0 Å². The van der Waals surface area contributed by atoms with Crippen molar-refractivity contribution < 1.29 is 4.79 Å². The number of aryl methyl sites for hydroxylation is 3. The highest BCUT2D eigenvalue weighted by Crippen LogP contribution is 2.39. The average Bonchev–Trinajstić information content (AvgIpc) is 3.51. The molecule has 1 saturated carbocycles. The minimum atomic E-state index is -0.0625. The predicted octanol–water partition coefficient (Wildman–Crippen LogP) is 3.65. The minimum absolute atomic E-state index is 0.0625. The van der Waals surface area contributed by atoms with E-state index in [0.29, 0.717) is 0 Å². The molecule has 0 radical (unpaired) electrons. The number of carbonyl (C=O) groups excluding carboxylic acids is 1. The van der Waals surface area contributed by atoms with Gasteiger partial charge in [0.05, 0.1) is 11.4 Å². The standard InChI is InChI=1S/C25H35N7O/c1-4-10-31-22(12-17(3)28-31)24(33)20-8-6-5-7-19(20)21-13-23-27-25(16(2)14-32(23)29-21)30-11-9-18(26)15-30/h12-14,18-20H,4-11,15,26H2,1-3H3/t18-,19+,20?/m0/s1. The summed E-state index contributed by atoms with van der Waals surface area (Å²) < 4.78 is 3.77. The van der Waals surface area contributed by atoms with E-state index in [-0.39, 0.29) is 23.7 Å². The van der Waals surface area contributed by atoms with Gasteiger partial charge in [-0.05, 0) is 45.6 Å². The van der Waals surface area contributed by atoms with Crippen molar-refractivity contribution in [3.8, 4) is 0 Å². The van der Waals surface area contributed by atoms with Crippen LogP contribution in [0, 0.1) is 19.8 Å². The van der Waals surface area contributed by atoms with Crippen LogP contribution in [0.3, 0.4) is 0 Å². The first-order valence-corrected chi connectivity index (χ1v) is 12.4. The zero-order valence-corrected chi connectivity index (χ0v) is 20.0. The first kappa shape index (κ1) is 22.1. The molecule has 3 aromatic rings. The molecule has 0 aromatic carbocycles. The number of ketones is 1. The topological polar surface area (TPSA) is 94.3 Å². The highest BCUT2D eigenvalue weighted by molar-refractivity contribution is 5.97. The molecule has 2 aliphatic rings. The summed E-state index contributed by atoms with van der Waals surface area (Å²) >= 11 is 0. The van der Waals surface area contributed by atoms with E-state index in [1.54, 1.807) is 0 Å². The molecule has 8 heteroatoms. The Kier molecular flexibility index (Phi) is 5.95. The molecular formula is C25H35N7O. The lowest BCUT2D eigenvalue weighted by Gasteiger charge is -2.29. The monoisotopic (exact) mass is 449 g/mol. The normalized spacial score (nSPS) is 23.5. The van der Waals surface area contributed by atoms with Gasteiger partial charge in [-0.2, -0.15) is 10.2 Å². The maximum absolute atomic E-state index is 13.7. The van der Waals surface area contributed by atoms with E-state index in [0.717, 1.165) is 92.3 Å². The van der Waals surface area contributed by atoms with E-state index in [2.05, 4.69) is 36.1 Å². The zero-order chi connectivity index (χ0) is 23.1. The summed E-state index contributed by atoms with van der Waals surface area (Å²) in [5.41, 5.74) is 10.7. The molecule has 2 fully saturated rings. The van der Waals surface area contributed by atoms with Crippen molar-refractivity contribution in [1.82, 2.24) is 24.4 Å². The largest absolute Gasteiger partial charge is 0.355 e. The molecule has 3 atom stereocenters. The van der Waals surface area contributed by atoms with Crippen LogP contribution in [0.15, 0.2) is 18.3 Å². The Balaban J connectivity index is 1.46. The number of Topliss-reactive ketones (excluding diaryl/α,β-unsaturated/α-hetero) is 1. The number of anilines is 1. The second-order valence-electron chi connectivity index (χ2n) is 9.87. The molecule has 1 aliphatic carbocycles. The number of hydrogen-bond acceptors (Lipinski definition) is 6. The van der Waals surface area contributed by atoms with Gasteiger partial charge in [0.25, 0.3) is 0 Å². The van der Waals surface area contributed by atoms with Gasteiger partial charge in [0.2, 0.25) is 0 Å². The molecule has 176 valence electrons. The molecule has 1 saturated heterocycles. The summed E-state index contributed by atoms with van der Waals surface area (Å²) in [5.74, 6) is 1.26. The number of hydrogen-bond donors (Lipinski definition) is 1. The van der Waals surface area contributed by atoms with E-state index >= 15 is 0 Å². The molecule has 1 unspecified atom stereocenters. The second kappa shape index (κ2) is 8.89. The summed E-state index contributed by atoms with van der Waals surface area (Å²) in [6.07, 6.45) is 8.10. The Labute approximate surface area is 195 Å². The molecule has 1 aliphatic heterocycles. The van der Waals surface area contributed by atoms with E-state index in [1.165, 1.54) is 0 Å².